The molecule has 180 valence electrons. The molecule has 0 aromatic heterocycles. The van der Waals surface area contributed by atoms with Crippen LogP contribution in [0.3, 0.4) is 0 Å². The summed E-state index contributed by atoms with van der Waals surface area (Å²) in [7, 11) is -3.71. The van der Waals surface area contributed by atoms with Gasteiger partial charge in [-0.3, -0.25) is 9.59 Å². The highest BCUT2D eigenvalue weighted by Gasteiger charge is 2.41. The lowest BCUT2D eigenvalue weighted by atomic mass is 10.1. The van der Waals surface area contributed by atoms with Gasteiger partial charge in [-0.1, -0.05) is 12.8 Å². The molecular formula is C23H31N3O6S. The predicted molar refractivity (Wildman–Crippen MR) is 119 cm³/mol. The van der Waals surface area contributed by atoms with Crippen LogP contribution in [0.15, 0.2) is 23.1 Å². The van der Waals surface area contributed by atoms with Crippen molar-refractivity contribution in [3.05, 3.63) is 18.2 Å². The van der Waals surface area contributed by atoms with Crippen molar-refractivity contribution in [1.82, 2.24) is 14.1 Å². The normalized spacial score (nSPS) is 24.8. The third kappa shape index (κ3) is 4.42. The van der Waals surface area contributed by atoms with Gasteiger partial charge in [-0.2, -0.15) is 4.31 Å². The summed E-state index contributed by atoms with van der Waals surface area (Å²) in [5, 5.41) is 0. The summed E-state index contributed by atoms with van der Waals surface area (Å²) in [4.78, 5) is 29.3. The molecule has 33 heavy (non-hydrogen) atoms. The van der Waals surface area contributed by atoms with Crippen molar-refractivity contribution in [1.29, 1.82) is 0 Å². The van der Waals surface area contributed by atoms with Gasteiger partial charge in [-0.25, -0.2) is 8.42 Å². The zero-order chi connectivity index (χ0) is 23.0. The Bertz CT molecular complexity index is 1020. The Kier molecular flexibility index (Phi) is 6.22. The van der Waals surface area contributed by atoms with Crippen molar-refractivity contribution < 1.29 is 27.5 Å². The Morgan fingerprint density at radius 1 is 0.939 bits per heavy atom. The number of ether oxygens (including phenoxy) is 2. The van der Waals surface area contributed by atoms with Gasteiger partial charge in [-0.15, -0.1) is 0 Å². The van der Waals surface area contributed by atoms with E-state index in [2.05, 4.69) is 0 Å². The standard InChI is InChI=1S/C23H31N3O6S/c27-22-14-17(16-26(22)18-4-1-2-5-18)23(28)24-8-10-25(11-9-24)33(29,30)19-6-7-20-21(15-19)32-13-3-12-31-20/h6-7,15,17-18H,1-5,8-14,16H2/t17-/m0/s1. The second-order valence-corrected chi connectivity index (χ2v) is 11.2. The second-order valence-electron chi connectivity index (χ2n) is 9.27. The molecular weight excluding hydrogens is 446 g/mol. The van der Waals surface area contributed by atoms with Crippen LogP contribution in [0.2, 0.25) is 0 Å². The van der Waals surface area contributed by atoms with E-state index in [9.17, 15) is 18.0 Å². The number of rotatable bonds is 4. The van der Waals surface area contributed by atoms with Gasteiger partial charge in [0, 0.05) is 57.7 Å². The number of carbonyl (C=O) groups excluding carboxylic acids is 2. The molecule has 0 spiro atoms. The lowest BCUT2D eigenvalue weighted by Gasteiger charge is -2.35. The summed E-state index contributed by atoms with van der Waals surface area (Å²) in [6.07, 6.45) is 5.37. The van der Waals surface area contributed by atoms with Gasteiger partial charge in [0.15, 0.2) is 11.5 Å². The number of sulfonamides is 1. The molecule has 3 heterocycles. The van der Waals surface area contributed by atoms with Crippen molar-refractivity contribution in [2.24, 2.45) is 5.92 Å². The zero-order valence-corrected chi connectivity index (χ0v) is 19.6. The summed E-state index contributed by atoms with van der Waals surface area (Å²) >= 11 is 0. The van der Waals surface area contributed by atoms with Crippen LogP contribution in [0.25, 0.3) is 0 Å². The van der Waals surface area contributed by atoms with Gasteiger partial charge >= 0.3 is 0 Å². The Morgan fingerprint density at radius 3 is 2.36 bits per heavy atom. The van der Waals surface area contributed by atoms with E-state index in [1.54, 1.807) is 17.0 Å². The summed E-state index contributed by atoms with van der Waals surface area (Å²) in [5.74, 6) is 0.732. The maximum atomic E-state index is 13.2. The summed E-state index contributed by atoms with van der Waals surface area (Å²) < 4.78 is 39.0. The van der Waals surface area contributed by atoms with Crippen LogP contribution >= 0.6 is 0 Å². The van der Waals surface area contributed by atoms with Crippen LogP contribution in [0.4, 0.5) is 0 Å². The maximum Gasteiger partial charge on any atom is 0.243 e. The average Bonchev–Trinajstić information content (AvgIpc) is 3.42. The van der Waals surface area contributed by atoms with Crippen molar-refractivity contribution in [2.45, 2.75) is 49.5 Å². The minimum Gasteiger partial charge on any atom is -0.490 e. The molecule has 0 unspecified atom stereocenters. The largest absolute Gasteiger partial charge is 0.490 e. The van der Waals surface area contributed by atoms with Gasteiger partial charge < -0.3 is 19.3 Å². The molecule has 10 heteroatoms. The maximum absolute atomic E-state index is 13.2. The second kappa shape index (κ2) is 9.13. The molecule has 0 radical (unpaired) electrons. The van der Waals surface area contributed by atoms with E-state index in [4.69, 9.17) is 9.47 Å². The summed E-state index contributed by atoms with van der Waals surface area (Å²) in [6.45, 7) is 2.65. The van der Waals surface area contributed by atoms with E-state index < -0.39 is 10.0 Å². The first kappa shape index (κ1) is 22.5. The van der Waals surface area contributed by atoms with Crippen molar-refractivity contribution in [3.63, 3.8) is 0 Å². The minimum atomic E-state index is -3.71. The van der Waals surface area contributed by atoms with E-state index in [1.165, 1.54) is 10.4 Å². The van der Waals surface area contributed by atoms with Crippen molar-refractivity contribution in [3.8, 4) is 11.5 Å². The molecule has 3 fully saturated rings. The molecule has 0 N–H and O–H groups in total. The van der Waals surface area contributed by atoms with E-state index in [0.29, 0.717) is 44.3 Å². The van der Waals surface area contributed by atoms with Gasteiger partial charge in [-0.05, 0) is 25.0 Å². The number of nitrogens with zero attached hydrogens (tertiary/aromatic N) is 3. The number of benzene rings is 1. The van der Waals surface area contributed by atoms with Crippen molar-refractivity contribution in [2.75, 3.05) is 45.9 Å². The molecule has 1 atom stereocenters. The van der Waals surface area contributed by atoms with E-state index in [-0.39, 0.29) is 48.2 Å². The van der Waals surface area contributed by atoms with Crippen LogP contribution in [0.5, 0.6) is 11.5 Å². The Morgan fingerprint density at radius 2 is 1.64 bits per heavy atom. The molecule has 1 aromatic rings. The van der Waals surface area contributed by atoms with Crippen LogP contribution in [0, 0.1) is 5.92 Å². The predicted octanol–water partition coefficient (Wildman–Crippen LogP) is 1.47. The van der Waals surface area contributed by atoms with Gasteiger partial charge in [0.25, 0.3) is 0 Å². The molecule has 1 aliphatic carbocycles. The average molecular weight is 478 g/mol. The Hall–Kier alpha value is -2.33. The highest BCUT2D eigenvalue weighted by molar-refractivity contribution is 7.89. The number of hydrogen-bond donors (Lipinski definition) is 0. The summed E-state index contributed by atoms with van der Waals surface area (Å²) in [5.41, 5.74) is 0. The molecule has 2 amide bonds. The van der Waals surface area contributed by atoms with Crippen LogP contribution in [0.1, 0.15) is 38.5 Å². The SMILES string of the molecule is O=C([C@H]1CC(=O)N(C2CCCC2)C1)N1CCN(S(=O)(=O)c2ccc3c(c2)OCCCO3)CC1. The number of amides is 2. The van der Waals surface area contributed by atoms with Crippen LogP contribution < -0.4 is 9.47 Å². The number of carbonyl (C=O) groups is 2. The molecule has 1 aromatic carbocycles. The Balaban J connectivity index is 1.20. The lowest BCUT2D eigenvalue weighted by molar-refractivity contribution is -0.137. The fourth-order valence-corrected chi connectivity index (χ4v) is 6.76. The fraction of sp³-hybridized carbons (Fsp3) is 0.652. The van der Waals surface area contributed by atoms with Gasteiger partial charge in [0.2, 0.25) is 21.8 Å². The third-order valence-electron chi connectivity index (χ3n) is 7.18. The quantitative estimate of drug-likeness (QED) is 0.652. The van der Waals surface area contributed by atoms with Crippen LogP contribution in [-0.2, 0) is 19.6 Å². The number of likely N-dealkylation sites (tertiary alicyclic amines) is 1. The van der Waals surface area contributed by atoms with E-state index in [0.717, 1.165) is 32.1 Å². The first-order chi connectivity index (χ1) is 15.9. The smallest absolute Gasteiger partial charge is 0.243 e. The highest BCUT2D eigenvalue weighted by atomic mass is 32.2. The van der Waals surface area contributed by atoms with Gasteiger partial charge in [0.05, 0.1) is 24.0 Å². The van der Waals surface area contributed by atoms with E-state index >= 15 is 0 Å². The number of fused-ring (bicyclic) bond motifs is 1. The van der Waals surface area contributed by atoms with Crippen LogP contribution in [-0.4, -0.2) is 86.3 Å². The number of piperazine rings is 1. The highest BCUT2D eigenvalue weighted by Crippen LogP contribution is 2.34. The minimum absolute atomic E-state index is 0.0310. The van der Waals surface area contributed by atoms with E-state index in [1.807, 2.05) is 4.90 Å². The fourth-order valence-electron chi connectivity index (χ4n) is 5.33. The summed E-state index contributed by atoms with van der Waals surface area (Å²) in [6, 6.07) is 4.99. The molecule has 0 bridgehead atoms. The third-order valence-corrected chi connectivity index (χ3v) is 9.07. The molecule has 3 aliphatic heterocycles. The molecule has 1 saturated carbocycles. The van der Waals surface area contributed by atoms with Crippen molar-refractivity contribution >= 4 is 21.8 Å². The molecule has 5 rings (SSSR count). The monoisotopic (exact) mass is 477 g/mol. The Labute approximate surface area is 194 Å². The first-order valence-electron chi connectivity index (χ1n) is 11.9. The van der Waals surface area contributed by atoms with Gasteiger partial charge in [0.1, 0.15) is 0 Å². The topological polar surface area (TPSA) is 96.5 Å². The molecule has 9 nitrogen and oxygen atoms in total. The molecule has 4 aliphatic rings. The first-order valence-corrected chi connectivity index (χ1v) is 13.4. The zero-order valence-electron chi connectivity index (χ0n) is 18.8. The lowest BCUT2D eigenvalue weighted by Crippen LogP contribution is -2.52. The number of hydrogen-bond acceptors (Lipinski definition) is 6. The molecule has 2 saturated heterocycles.